The van der Waals surface area contributed by atoms with E-state index in [-0.39, 0.29) is 18.0 Å². The van der Waals surface area contributed by atoms with Crippen molar-refractivity contribution in [2.75, 3.05) is 7.11 Å². The Bertz CT molecular complexity index is 1040. The molecule has 5 rings (SSSR count). The van der Waals surface area contributed by atoms with Crippen LogP contribution >= 0.6 is 15.9 Å². The van der Waals surface area contributed by atoms with Gasteiger partial charge in [0.05, 0.1) is 18.8 Å². The monoisotopic (exact) mass is 451 g/mol. The van der Waals surface area contributed by atoms with Crippen molar-refractivity contribution in [3.8, 4) is 17.0 Å². The largest absolute Gasteiger partial charge is 0.497 e. The molecule has 5 nitrogen and oxygen atoms in total. The number of aromatic amines is 1. The van der Waals surface area contributed by atoms with Gasteiger partial charge < -0.3 is 9.64 Å². The van der Waals surface area contributed by atoms with Crippen LogP contribution in [0.2, 0.25) is 0 Å². The maximum atomic E-state index is 13.4. The van der Waals surface area contributed by atoms with Crippen LogP contribution in [0.1, 0.15) is 53.3 Å². The van der Waals surface area contributed by atoms with Crippen molar-refractivity contribution in [2.24, 2.45) is 0 Å². The summed E-state index contributed by atoms with van der Waals surface area (Å²) in [7, 11) is 1.66. The van der Waals surface area contributed by atoms with E-state index in [1.165, 1.54) is 12.8 Å². The number of hydrogen-bond donors (Lipinski definition) is 1. The second kappa shape index (κ2) is 7.34. The van der Waals surface area contributed by atoms with Crippen LogP contribution in [0.4, 0.5) is 0 Å². The van der Waals surface area contributed by atoms with Crippen molar-refractivity contribution in [2.45, 2.75) is 37.8 Å². The number of nitrogens with zero attached hydrogens (tertiary/aromatic N) is 2. The Hall–Kier alpha value is -2.60. The summed E-state index contributed by atoms with van der Waals surface area (Å²) in [4.78, 5) is 15.5. The molecule has 1 aliphatic carbocycles. The smallest absolute Gasteiger partial charge is 0.273 e. The number of hydrogen-bond acceptors (Lipinski definition) is 3. The highest BCUT2D eigenvalue weighted by Gasteiger charge is 2.45. The number of methoxy groups -OCH3 is 1. The molecule has 0 radical (unpaired) electrons. The molecular formula is C23H22BrN3O2. The van der Waals surface area contributed by atoms with E-state index in [1.54, 1.807) is 7.11 Å². The molecule has 1 saturated carbocycles. The van der Waals surface area contributed by atoms with Crippen LogP contribution in [0.5, 0.6) is 5.75 Å². The number of H-pyrrole nitrogens is 1. The topological polar surface area (TPSA) is 58.2 Å². The number of ether oxygens (including phenoxy) is 1. The van der Waals surface area contributed by atoms with Crippen molar-refractivity contribution >= 4 is 21.8 Å². The lowest BCUT2D eigenvalue weighted by molar-refractivity contribution is 0.0660. The molecule has 1 unspecified atom stereocenters. The Balaban J connectivity index is 1.65. The molecule has 1 aromatic heterocycles. The first kappa shape index (κ1) is 18.4. The van der Waals surface area contributed by atoms with Gasteiger partial charge in [-0.1, -0.05) is 40.9 Å². The number of nitrogens with one attached hydrogen (secondary N) is 1. The minimum Gasteiger partial charge on any atom is -0.497 e. The maximum Gasteiger partial charge on any atom is 0.273 e. The molecule has 1 aliphatic heterocycles. The Morgan fingerprint density at radius 3 is 2.41 bits per heavy atom. The van der Waals surface area contributed by atoms with Gasteiger partial charge in [-0.3, -0.25) is 9.89 Å². The van der Waals surface area contributed by atoms with Crippen molar-refractivity contribution in [1.29, 1.82) is 0 Å². The number of carbonyl (C=O) groups excluding carboxylic acids is 1. The van der Waals surface area contributed by atoms with Gasteiger partial charge in [0.25, 0.3) is 5.91 Å². The predicted octanol–water partition coefficient (Wildman–Crippen LogP) is 5.34. The number of carbonyl (C=O) groups is 1. The summed E-state index contributed by atoms with van der Waals surface area (Å²) in [5.41, 5.74) is 4.53. The summed E-state index contributed by atoms with van der Waals surface area (Å²) in [6.07, 6.45) is 4.49. The van der Waals surface area contributed by atoms with Gasteiger partial charge in [-0.2, -0.15) is 5.10 Å². The Morgan fingerprint density at radius 1 is 1.07 bits per heavy atom. The first-order valence-corrected chi connectivity index (χ1v) is 10.8. The molecule has 1 atom stereocenters. The summed E-state index contributed by atoms with van der Waals surface area (Å²) >= 11 is 3.53. The van der Waals surface area contributed by atoms with Crippen molar-refractivity contribution in [1.82, 2.24) is 15.1 Å². The quantitative estimate of drug-likeness (QED) is 0.582. The third-order valence-corrected chi connectivity index (χ3v) is 6.60. The number of fused-ring (bicyclic) bond motifs is 1. The first-order chi connectivity index (χ1) is 14.2. The molecule has 0 bridgehead atoms. The fraction of sp³-hybridized carbons (Fsp3) is 0.304. The highest BCUT2D eigenvalue weighted by molar-refractivity contribution is 9.10. The molecule has 2 aromatic carbocycles. The van der Waals surface area contributed by atoms with Gasteiger partial charge in [0, 0.05) is 21.6 Å². The van der Waals surface area contributed by atoms with Crippen LogP contribution in [0.25, 0.3) is 11.3 Å². The minimum atomic E-state index is -0.121. The standard InChI is InChI=1S/C23H22BrN3O2/c1-29-18-12-8-14(9-13-18)20-19-21(26-25-20)23(28)27(17-4-2-3-5-17)22(19)15-6-10-16(24)11-7-15/h6-13,17,22H,2-5H2,1H3,(H,25,26). The molecule has 1 N–H and O–H groups in total. The highest BCUT2D eigenvalue weighted by Crippen LogP contribution is 2.46. The van der Waals surface area contributed by atoms with Gasteiger partial charge in [0.2, 0.25) is 0 Å². The molecule has 1 amide bonds. The summed E-state index contributed by atoms with van der Waals surface area (Å²) < 4.78 is 6.32. The second-order valence-electron chi connectivity index (χ2n) is 7.69. The fourth-order valence-corrected chi connectivity index (χ4v) is 4.93. The average molecular weight is 452 g/mol. The van der Waals surface area contributed by atoms with Crippen LogP contribution in [0.15, 0.2) is 53.0 Å². The summed E-state index contributed by atoms with van der Waals surface area (Å²) in [5.74, 6) is 0.862. The second-order valence-corrected chi connectivity index (χ2v) is 8.61. The molecule has 0 saturated heterocycles. The van der Waals surface area contributed by atoms with Crippen LogP contribution in [-0.2, 0) is 0 Å². The van der Waals surface area contributed by atoms with E-state index >= 15 is 0 Å². The van der Waals surface area contributed by atoms with Crippen LogP contribution in [-0.4, -0.2) is 34.2 Å². The van der Waals surface area contributed by atoms with Crippen LogP contribution in [0.3, 0.4) is 0 Å². The zero-order valence-electron chi connectivity index (χ0n) is 16.2. The SMILES string of the molecule is COc1ccc(-c2n[nH]c3c2C(c2ccc(Br)cc2)N(C2CCCC2)C3=O)cc1. The van der Waals surface area contributed by atoms with E-state index in [9.17, 15) is 4.79 Å². The first-order valence-electron chi connectivity index (χ1n) is 9.98. The van der Waals surface area contributed by atoms with Crippen molar-refractivity contribution in [3.63, 3.8) is 0 Å². The molecule has 1 fully saturated rings. The van der Waals surface area contributed by atoms with E-state index in [0.29, 0.717) is 5.69 Å². The number of halogens is 1. The van der Waals surface area contributed by atoms with Gasteiger partial charge >= 0.3 is 0 Å². The summed E-state index contributed by atoms with van der Waals surface area (Å²) in [5, 5.41) is 7.59. The number of benzene rings is 2. The predicted molar refractivity (Wildman–Crippen MR) is 115 cm³/mol. The lowest BCUT2D eigenvalue weighted by Gasteiger charge is -2.32. The van der Waals surface area contributed by atoms with Crippen LogP contribution in [0, 0.1) is 0 Å². The molecule has 148 valence electrons. The number of aromatic nitrogens is 2. The Morgan fingerprint density at radius 2 is 1.76 bits per heavy atom. The van der Waals surface area contributed by atoms with E-state index in [4.69, 9.17) is 4.74 Å². The zero-order chi connectivity index (χ0) is 20.0. The van der Waals surface area contributed by atoms with E-state index in [1.807, 2.05) is 36.4 Å². The summed E-state index contributed by atoms with van der Waals surface area (Å²) in [6.45, 7) is 0. The van der Waals surface area contributed by atoms with Crippen molar-refractivity contribution in [3.05, 3.63) is 69.8 Å². The van der Waals surface area contributed by atoms with Crippen molar-refractivity contribution < 1.29 is 9.53 Å². The van der Waals surface area contributed by atoms with E-state index in [2.05, 4.69) is 43.2 Å². The van der Waals surface area contributed by atoms with Gasteiger partial charge in [-0.05, 0) is 54.8 Å². The lowest BCUT2D eigenvalue weighted by Crippen LogP contribution is -2.37. The number of rotatable bonds is 4. The van der Waals surface area contributed by atoms with Gasteiger partial charge in [-0.25, -0.2) is 0 Å². The van der Waals surface area contributed by atoms with Crippen LogP contribution < -0.4 is 4.74 Å². The van der Waals surface area contributed by atoms with Gasteiger partial charge in [-0.15, -0.1) is 0 Å². The third kappa shape index (κ3) is 3.06. The van der Waals surface area contributed by atoms with Gasteiger partial charge in [0.15, 0.2) is 0 Å². The normalized spacial score (nSPS) is 19.0. The average Bonchev–Trinajstić information content (AvgIpc) is 3.47. The number of amides is 1. The summed E-state index contributed by atoms with van der Waals surface area (Å²) in [6, 6.07) is 16.3. The van der Waals surface area contributed by atoms with E-state index < -0.39 is 0 Å². The molecule has 0 spiro atoms. The highest BCUT2D eigenvalue weighted by atomic mass is 79.9. The Labute approximate surface area is 178 Å². The zero-order valence-corrected chi connectivity index (χ0v) is 17.8. The molecule has 3 aromatic rings. The van der Waals surface area contributed by atoms with E-state index in [0.717, 1.165) is 45.4 Å². The Kier molecular flexibility index (Phi) is 4.66. The molecule has 2 aliphatic rings. The molecule has 2 heterocycles. The van der Waals surface area contributed by atoms with Gasteiger partial charge in [0.1, 0.15) is 11.4 Å². The molecule has 29 heavy (non-hydrogen) atoms. The minimum absolute atomic E-state index is 0.0621. The molecule has 6 heteroatoms. The molecular weight excluding hydrogens is 430 g/mol. The third-order valence-electron chi connectivity index (χ3n) is 6.07. The lowest BCUT2D eigenvalue weighted by atomic mass is 9.95. The maximum absolute atomic E-state index is 13.4. The fourth-order valence-electron chi connectivity index (χ4n) is 4.67.